The molecule has 3 aromatic rings. The zero-order valence-corrected chi connectivity index (χ0v) is 24.6. The third-order valence-electron chi connectivity index (χ3n) is 8.22. The smallest absolute Gasteiger partial charge is 0.263 e. The molecule has 2 N–H and O–H groups in total. The van der Waals surface area contributed by atoms with Gasteiger partial charge in [-0.3, -0.25) is 14.4 Å². The first-order chi connectivity index (χ1) is 19.0. The van der Waals surface area contributed by atoms with Crippen LogP contribution in [0.5, 0.6) is 0 Å². The van der Waals surface area contributed by atoms with E-state index in [-0.39, 0.29) is 41.4 Å². The number of nitrogens with zero attached hydrogens (tertiary/aromatic N) is 3. The number of aromatic nitrogens is 2. The number of amides is 2. The van der Waals surface area contributed by atoms with E-state index in [2.05, 4.69) is 24.5 Å². The lowest BCUT2D eigenvalue weighted by Crippen LogP contribution is -2.46. The summed E-state index contributed by atoms with van der Waals surface area (Å²) in [5, 5.41) is 6.89. The normalized spacial score (nSPS) is 19.7. The molecular weight excluding hydrogens is 549 g/mol. The lowest BCUT2D eigenvalue weighted by Gasteiger charge is -2.35. The van der Waals surface area contributed by atoms with Crippen molar-refractivity contribution in [2.45, 2.75) is 65.1 Å². The highest BCUT2D eigenvalue weighted by Crippen LogP contribution is 2.39. The number of benzene rings is 2. The zero-order valence-electron chi connectivity index (χ0n) is 23.1. The minimum Gasteiger partial charge on any atom is -0.355 e. The van der Waals surface area contributed by atoms with Crippen LogP contribution in [0.1, 0.15) is 72.0 Å². The van der Waals surface area contributed by atoms with Crippen molar-refractivity contribution < 1.29 is 9.59 Å². The zero-order chi connectivity index (χ0) is 28.8. The van der Waals surface area contributed by atoms with Crippen LogP contribution >= 0.6 is 23.2 Å². The van der Waals surface area contributed by atoms with Gasteiger partial charge in [0.2, 0.25) is 5.95 Å². The molecule has 10 heteroatoms. The Labute approximate surface area is 243 Å². The number of carbonyl (C=O) groups is 2. The quantitative estimate of drug-likeness (QED) is 0.416. The minimum atomic E-state index is -0.236. The van der Waals surface area contributed by atoms with Crippen LogP contribution in [0.25, 0.3) is 5.69 Å². The average Bonchev–Trinajstić information content (AvgIpc) is 3.27. The van der Waals surface area contributed by atoms with Gasteiger partial charge in [-0.05, 0) is 74.1 Å². The fourth-order valence-corrected chi connectivity index (χ4v) is 6.02. The van der Waals surface area contributed by atoms with Gasteiger partial charge in [0.05, 0.1) is 28.0 Å². The van der Waals surface area contributed by atoms with Gasteiger partial charge in [0.15, 0.2) is 0 Å². The second-order valence-electron chi connectivity index (χ2n) is 11.3. The Balaban J connectivity index is 1.57. The fraction of sp³-hybridized carbons (Fsp3) is 0.400. The topological polar surface area (TPSA) is 96.3 Å². The first-order valence-electron chi connectivity index (χ1n) is 13.5. The Morgan fingerprint density at radius 1 is 1.05 bits per heavy atom. The summed E-state index contributed by atoms with van der Waals surface area (Å²) in [6.07, 6.45) is 3.49. The lowest BCUT2D eigenvalue weighted by atomic mass is 9.87. The van der Waals surface area contributed by atoms with Gasteiger partial charge in [-0.25, -0.2) is 9.55 Å². The molecule has 2 amide bonds. The van der Waals surface area contributed by atoms with Gasteiger partial charge in [-0.15, -0.1) is 0 Å². The second-order valence-corrected chi connectivity index (χ2v) is 12.1. The molecule has 0 unspecified atom stereocenters. The first kappa shape index (κ1) is 28.2. The van der Waals surface area contributed by atoms with Gasteiger partial charge < -0.3 is 15.5 Å². The monoisotopic (exact) mass is 581 g/mol. The summed E-state index contributed by atoms with van der Waals surface area (Å²) < 4.78 is 1.60. The minimum absolute atomic E-state index is 0.0336. The molecule has 1 aliphatic heterocycles. The maximum Gasteiger partial charge on any atom is 0.263 e. The highest BCUT2D eigenvalue weighted by molar-refractivity contribution is 6.42. The SMILES string of the molecule is CNC(=O)c1ccc(-n2c(N[C@@H]3CCCC3(C)C)nc3c(c2=O)C[C@@H](C)N(C(=O)c2ccc(Cl)c(Cl)c2)C3)cc1. The molecule has 5 rings (SSSR count). The molecule has 0 bridgehead atoms. The van der Waals surface area contributed by atoms with E-state index in [0.29, 0.717) is 50.5 Å². The number of hydrogen-bond acceptors (Lipinski definition) is 5. The summed E-state index contributed by atoms with van der Waals surface area (Å²) in [7, 11) is 1.58. The van der Waals surface area contributed by atoms with Gasteiger partial charge in [-0.2, -0.15) is 0 Å². The summed E-state index contributed by atoms with van der Waals surface area (Å²) >= 11 is 12.2. The van der Waals surface area contributed by atoms with Crippen molar-refractivity contribution in [1.29, 1.82) is 0 Å². The Kier molecular flexibility index (Phi) is 7.68. The van der Waals surface area contributed by atoms with E-state index in [1.54, 1.807) is 59.0 Å². The average molecular weight is 583 g/mol. The maximum absolute atomic E-state index is 14.1. The summed E-state index contributed by atoms with van der Waals surface area (Å²) in [6, 6.07) is 11.6. The van der Waals surface area contributed by atoms with E-state index in [4.69, 9.17) is 28.2 Å². The summed E-state index contributed by atoms with van der Waals surface area (Å²) in [5.74, 6) is 0.0425. The second kappa shape index (κ2) is 10.9. The highest BCUT2D eigenvalue weighted by atomic mass is 35.5. The van der Waals surface area contributed by atoms with Crippen LogP contribution in [0, 0.1) is 5.41 Å². The molecule has 1 aromatic heterocycles. The van der Waals surface area contributed by atoms with Crippen LogP contribution < -0.4 is 16.2 Å². The maximum atomic E-state index is 14.1. The standard InChI is InChI=1S/C30H33Cl2N5O3/c1-17-14-21-24(16-36(17)27(39)19-9-12-22(31)23(32)15-19)34-29(35-25-6-5-13-30(25,2)3)37(28(21)40)20-10-7-18(8-11-20)26(38)33-4/h7-12,15,17,25H,5-6,13-14,16H2,1-4H3,(H,33,38)(H,34,35)/t17-,25-/m1/s1. The summed E-state index contributed by atoms with van der Waals surface area (Å²) in [5.41, 5.74) is 2.57. The van der Waals surface area contributed by atoms with Crippen LogP contribution in [-0.4, -0.2) is 45.4 Å². The van der Waals surface area contributed by atoms with Crippen LogP contribution in [-0.2, 0) is 13.0 Å². The number of hydrogen-bond donors (Lipinski definition) is 2. The van der Waals surface area contributed by atoms with Crippen LogP contribution in [0.4, 0.5) is 5.95 Å². The van der Waals surface area contributed by atoms with E-state index >= 15 is 0 Å². The molecule has 0 saturated heterocycles. The number of nitrogens with one attached hydrogen (secondary N) is 2. The van der Waals surface area contributed by atoms with Gasteiger partial charge in [-0.1, -0.05) is 43.5 Å². The molecule has 8 nitrogen and oxygen atoms in total. The number of halogens is 2. The Morgan fingerprint density at radius 3 is 2.38 bits per heavy atom. The van der Waals surface area contributed by atoms with Crippen molar-refractivity contribution in [1.82, 2.24) is 19.8 Å². The van der Waals surface area contributed by atoms with Crippen molar-refractivity contribution in [2.24, 2.45) is 5.41 Å². The molecule has 210 valence electrons. The van der Waals surface area contributed by atoms with E-state index in [0.717, 1.165) is 19.3 Å². The summed E-state index contributed by atoms with van der Waals surface area (Å²) in [4.78, 5) is 46.4. The van der Waals surface area contributed by atoms with Gasteiger partial charge >= 0.3 is 0 Å². The predicted octanol–water partition coefficient (Wildman–Crippen LogP) is 5.48. The highest BCUT2D eigenvalue weighted by Gasteiger charge is 2.37. The Bertz CT molecular complexity index is 1530. The van der Waals surface area contributed by atoms with Gasteiger partial charge in [0.1, 0.15) is 0 Å². The van der Waals surface area contributed by atoms with Crippen LogP contribution in [0.2, 0.25) is 10.0 Å². The molecule has 1 aliphatic carbocycles. The van der Waals surface area contributed by atoms with Crippen molar-refractivity contribution in [3.8, 4) is 5.69 Å². The number of rotatable bonds is 5. The molecule has 1 saturated carbocycles. The predicted molar refractivity (Wildman–Crippen MR) is 158 cm³/mol. The third kappa shape index (κ3) is 5.22. The lowest BCUT2D eigenvalue weighted by molar-refractivity contribution is 0.0653. The van der Waals surface area contributed by atoms with E-state index in [1.807, 2.05) is 6.92 Å². The van der Waals surface area contributed by atoms with Crippen LogP contribution in [0.15, 0.2) is 47.3 Å². The molecule has 2 aliphatic rings. The Hall–Kier alpha value is -3.36. The van der Waals surface area contributed by atoms with Gasteiger partial charge in [0.25, 0.3) is 17.4 Å². The summed E-state index contributed by atoms with van der Waals surface area (Å²) in [6.45, 7) is 6.56. The molecule has 0 radical (unpaired) electrons. The third-order valence-corrected chi connectivity index (χ3v) is 8.96. The molecule has 2 atom stereocenters. The Morgan fingerprint density at radius 2 is 1.75 bits per heavy atom. The fourth-order valence-electron chi connectivity index (χ4n) is 5.72. The first-order valence-corrected chi connectivity index (χ1v) is 14.3. The number of carbonyl (C=O) groups excluding carboxylic acids is 2. The van der Waals surface area contributed by atoms with Crippen molar-refractivity contribution in [2.75, 3.05) is 12.4 Å². The largest absolute Gasteiger partial charge is 0.355 e. The van der Waals surface area contributed by atoms with Crippen molar-refractivity contribution in [3.63, 3.8) is 0 Å². The van der Waals surface area contributed by atoms with Gasteiger partial charge in [0, 0.05) is 35.8 Å². The molecule has 1 fully saturated rings. The molecule has 40 heavy (non-hydrogen) atoms. The van der Waals surface area contributed by atoms with Crippen molar-refractivity contribution in [3.05, 3.63) is 85.2 Å². The number of fused-ring (bicyclic) bond motifs is 1. The van der Waals surface area contributed by atoms with E-state index in [9.17, 15) is 14.4 Å². The van der Waals surface area contributed by atoms with E-state index in [1.165, 1.54) is 0 Å². The van der Waals surface area contributed by atoms with E-state index < -0.39 is 0 Å². The molecule has 2 heterocycles. The number of anilines is 1. The molecule has 0 spiro atoms. The van der Waals surface area contributed by atoms with Crippen LogP contribution in [0.3, 0.4) is 0 Å². The van der Waals surface area contributed by atoms with Crippen molar-refractivity contribution >= 4 is 41.0 Å². The molecule has 2 aromatic carbocycles. The molecular formula is C30H33Cl2N5O3.